The van der Waals surface area contributed by atoms with Crippen molar-refractivity contribution in [1.29, 1.82) is 0 Å². The molecule has 0 spiro atoms. The van der Waals surface area contributed by atoms with Gasteiger partial charge in [0.1, 0.15) is 6.61 Å². The van der Waals surface area contributed by atoms with Crippen LogP contribution in [-0.4, -0.2) is 26.9 Å². The molecule has 2 rings (SSSR count). The molecular formula is C13H14O4. The Hall–Kier alpha value is -1.70. The summed E-state index contributed by atoms with van der Waals surface area (Å²) in [6.45, 7) is 1.34. The van der Waals surface area contributed by atoms with Crippen molar-refractivity contribution >= 4 is 0 Å². The van der Waals surface area contributed by atoms with Crippen LogP contribution in [0, 0.1) is 12.3 Å². The van der Waals surface area contributed by atoms with Gasteiger partial charge in [0.25, 0.3) is 0 Å². The fraction of sp³-hybridized carbons (Fsp3) is 0.385. The van der Waals surface area contributed by atoms with Crippen LogP contribution in [0.1, 0.15) is 11.9 Å². The zero-order valence-electron chi connectivity index (χ0n) is 9.64. The van der Waals surface area contributed by atoms with Crippen LogP contribution in [0.5, 0.6) is 11.5 Å². The summed E-state index contributed by atoms with van der Waals surface area (Å²) < 4.78 is 21.6. The topological polar surface area (TPSA) is 36.9 Å². The van der Waals surface area contributed by atoms with E-state index in [1.165, 1.54) is 0 Å². The summed E-state index contributed by atoms with van der Waals surface area (Å²) in [5.74, 6) is 3.63. The van der Waals surface area contributed by atoms with Crippen LogP contribution in [-0.2, 0) is 9.47 Å². The van der Waals surface area contributed by atoms with Gasteiger partial charge in [-0.1, -0.05) is 12.0 Å². The third kappa shape index (κ3) is 2.52. The number of hydrogen-bond acceptors (Lipinski definition) is 4. The summed E-state index contributed by atoms with van der Waals surface area (Å²) in [5, 5.41) is 0. The first-order valence-electron chi connectivity index (χ1n) is 5.33. The molecule has 1 aromatic rings. The van der Waals surface area contributed by atoms with Gasteiger partial charge in [-0.25, -0.2) is 0 Å². The predicted molar refractivity (Wildman–Crippen MR) is 62.0 cm³/mol. The molecule has 0 saturated carbocycles. The lowest BCUT2D eigenvalue weighted by molar-refractivity contribution is -0.0457. The van der Waals surface area contributed by atoms with Gasteiger partial charge >= 0.3 is 0 Å². The first kappa shape index (κ1) is 11.8. The van der Waals surface area contributed by atoms with Gasteiger partial charge in [0, 0.05) is 0 Å². The Morgan fingerprint density at radius 3 is 2.82 bits per heavy atom. The molecule has 1 heterocycles. The van der Waals surface area contributed by atoms with Gasteiger partial charge in [-0.3, -0.25) is 0 Å². The highest BCUT2D eigenvalue weighted by Gasteiger charge is 2.24. The fourth-order valence-electron chi connectivity index (χ4n) is 1.69. The minimum atomic E-state index is -0.405. The van der Waals surface area contributed by atoms with Crippen molar-refractivity contribution in [3.8, 4) is 23.8 Å². The third-order valence-electron chi connectivity index (χ3n) is 2.40. The smallest absolute Gasteiger partial charge is 0.187 e. The van der Waals surface area contributed by atoms with E-state index in [9.17, 15) is 0 Å². The molecule has 1 aliphatic heterocycles. The molecule has 4 nitrogen and oxygen atoms in total. The lowest BCUT2D eigenvalue weighted by Gasteiger charge is -2.16. The minimum absolute atomic E-state index is 0.181. The molecule has 1 fully saturated rings. The Kier molecular flexibility index (Phi) is 3.86. The highest BCUT2D eigenvalue weighted by atomic mass is 16.7. The first-order valence-corrected chi connectivity index (χ1v) is 5.33. The Morgan fingerprint density at radius 2 is 2.18 bits per heavy atom. The number of rotatable bonds is 4. The molecule has 0 unspecified atom stereocenters. The Balaban J connectivity index is 2.31. The largest absolute Gasteiger partial charge is 0.493 e. The van der Waals surface area contributed by atoms with Gasteiger partial charge in [-0.15, -0.1) is 6.42 Å². The van der Waals surface area contributed by atoms with Crippen molar-refractivity contribution in [3.63, 3.8) is 0 Å². The van der Waals surface area contributed by atoms with Crippen LogP contribution >= 0.6 is 0 Å². The molecule has 0 atom stereocenters. The zero-order chi connectivity index (χ0) is 12.1. The number of methoxy groups -OCH3 is 1. The number of hydrogen-bond donors (Lipinski definition) is 0. The number of ether oxygens (including phenoxy) is 4. The fourth-order valence-corrected chi connectivity index (χ4v) is 1.69. The van der Waals surface area contributed by atoms with Gasteiger partial charge in [0.05, 0.1) is 25.9 Å². The molecule has 0 aliphatic carbocycles. The standard InChI is InChI=1S/C13H14O4/c1-3-7-15-12-10(13-16-8-9-17-13)5-4-6-11(12)14-2/h1,4-6,13H,7-9H2,2H3. The quantitative estimate of drug-likeness (QED) is 0.744. The summed E-state index contributed by atoms with van der Waals surface area (Å²) in [7, 11) is 1.58. The summed E-state index contributed by atoms with van der Waals surface area (Å²) in [5.41, 5.74) is 0.803. The summed E-state index contributed by atoms with van der Waals surface area (Å²) in [6.07, 6.45) is 4.79. The van der Waals surface area contributed by atoms with Crippen molar-refractivity contribution in [2.75, 3.05) is 26.9 Å². The zero-order valence-corrected chi connectivity index (χ0v) is 9.64. The van der Waals surface area contributed by atoms with Crippen LogP contribution < -0.4 is 9.47 Å². The maximum atomic E-state index is 5.50. The summed E-state index contributed by atoms with van der Waals surface area (Å²) >= 11 is 0. The number of benzene rings is 1. The van der Waals surface area contributed by atoms with E-state index >= 15 is 0 Å². The van der Waals surface area contributed by atoms with Gasteiger partial charge in [-0.05, 0) is 12.1 Å². The normalized spacial score (nSPS) is 15.5. The van der Waals surface area contributed by atoms with E-state index < -0.39 is 6.29 Å². The third-order valence-corrected chi connectivity index (χ3v) is 2.40. The molecule has 0 bridgehead atoms. The average molecular weight is 234 g/mol. The molecule has 0 N–H and O–H groups in total. The van der Waals surface area contributed by atoms with Crippen LogP contribution in [0.25, 0.3) is 0 Å². The second kappa shape index (κ2) is 5.58. The average Bonchev–Trinajstić information content (AvgIpc) is 2.89. The van der Waals surface area contributed by atoms with Gasteiger partial charge < -0.3 is 18.9 Å². The molecule has 17 heavy (non-hydrogen) atoms. The Morgan fingerprint density at radius 1 is 1.41 bits per heavy atom. The van der Waals surface area contributed by atoms with E-state index in [-0.39, 0.29) is 6.61 Å². The Bertz CT molecular complexity index is 416. The molecule has 1 saturated heterocycles. The predicted octanol–water partition coefficient (Wildman–Crippen LogP) is 1.75. The van der Waals surface area contributed by atoms with Crippen molar-refractivity contribution in [3.05, 3.63) is 23.8 Å². The molecule has 0 aromatic heterocycles. The first-order chi connectivity index (χ1) is 8.36. The van der Waals surface area contributed by atoms with E-state index in [1.807, 2.05) is 18.2 Å². The maximum absolute atomic E-state index is 5.50. The molecule has 1 aliphatic rings. The van der Waals surface area contributed by atoms with Crippen molar-refractivity contribution in [1.82, 2.24) is 0 Å². The van der Waals surface area contributed by atoms with E-state index in [2.05, 4.69) is 5.92 Å². The Labute approximate surface area is 100 Å². The SMILES string of the molecule is C#CCOc1c(OC)cccc1C1OCCO1. The van der Waals surface area contributed by atoms with Crippen LogP contribution in [0.4, 0.5) is 0 Å². The van der Waals surface area contributed by atoms with E-state index in [0.29, 0.717) is 24.7 Å². The number of para-hydroxylation sites is 1. The highest BCUT2D eigenvalue weighted by molar-refractivity contribution is 5.47. The molecule has 0 amide bonds. The maximum Gasteiger partial charge on any atom is 0.187 e. The monoisotopic (exact) mass is 234 g/mol. The molecular weight excluding hydrogens is 220 g/mol. The summed E-state index contributed by atoms with van der Waals surface area (Å²) in [4.78, 5) is 0. The second-order valence-electron chi connectivity index (χ2n) is 3.44. The van der Waals surface area contributed by atoms with E-state index in [1.54, 1.807) is 7.11 Å². The van der Waals surface area contributed by atoms with E-state index in [4.69, 9.17) is 25.4 Å². The lowest BCUT2D eigenvalue weighted by Crippen LogP contribution is -2.05. The highest BCUT2D eigenvalue weighted by Crippen LogP contribution is 2.37. The van der Waals surface area contributed by atoms with Crippen LogP contribution in [0.2, 0.25) is 0 Å². The van der Waals surface area contributed by atoms with Gasteiger partial charge in [0.2, 0.25) is 0 Å². The van der Waals surface area contributed by atoms with Gasteiger partial charge in [0.15, 0.2) is 17.8 Å². The molecule has 1 aromatic carbocycles. The van der Waals surface area contributed by atoms with Gasteiger partial charge in [-0.2, -0.15) is 0 Å². The summed E-state index contributed by atoms with van der Waals surface area (Å²) in [6, 6.07) is 5.55. The van der Waals surface area contributed by atoms with Crippen molar-refractivity contribution < 1.29 is 18.9 Å². The molecule has 0 radical (unpaired) electrons. The molecule has 4 heteroatoms. The molecule has 90 valence electrons. The number of terminal acetylenes is 1. The second-order valence-corrected chi connectivity index (χ2v) is 3.44. The van der Waals surface area contributed by atoms with Crippen LogP contribution in [0.15, 0.2) is 18.2 Å². The van der Waals surface area contributed by atoms with Crippen molar-refractivity contribution in [2.45, 2.75) is 6.29 Å². The minimum Gasteiger partial charge on any atom is -0.493 e. The lowest BCUT2D eigenvalue weighted by atomic mass is 10.1. The van der Waals surface area contributed by atoms with Crippen molar-refractivity contribution in [2.24, 2.45) is 0 Å². The van der Waals surface area contributed by atoms with E-state index in [0.717, 1.165) is 5.56 Å². The van der Waals surface area contributed by atoms with Crippen LogP contribution in [0.3, 0.4) is 0 Å².